The molecule has 5 nitrogen and oxygen atoms in total. The lowest BCUT2D eigenvalue weighted by Gasteiger charge is -2.07. The van der Waals surface area contributed by atoms with Gasteiger partial charge in [-0.15, -0.1) is 11.3 Å². The minimum absolute atomic E-state index is 0.168. The Morgan fingerprint density at radius 3 is 2.83 bits per heavy atom. The highest BCUT2D eigenvalue weighted by Gasteiger charge is 2.12. The van der Waals surface area contributed by atoms with E-state index in [9.17, 15) is 4.79 Å². The number of hydrogen-bond acceptors (Lipinski definition) is 4. The molecule has 4 aromatic rings. The molecule has 0 fully saturated rings. The largest absolute Gasteiger partial charge is 0.487 e. The molecule has 152 valence electrons. The number of aryl methyl sites for hydroxylation is 1. The smallest absolute Gasteiger partial charge is 0.265 e. The van der Waals surface area contributed by atoms with Gasteiger partial charge in [0.1, 0.15) is 12.4 Å². The summed E-state index contributed by atoms with van der Waals surface area (Å²) in [5.74, 6) is 0.471. The maximum absolute atomic E-state index is 12.6. The molecular formula is C23H20ClN3O2S. The first-order valence-corrected chi connectivity index (χ1v) is 10.7. The fourth-order valence-electron chi connectivity index (χ4n) is 2.93. The van der Waals surface area contributed by atoms with Crippen LogP contribution in [0.5, 0.6) is 5.75 Å². The normalized spacial score (nSPS) is 10.7. The molecule has 0 saturated heterocycles. The van der Waals surface area contributed by atoms with Crippen molar-refractivity contribution in [2.45, 2.75) is 20.1 Å². The summed E-state index contributed by atoms with van der Waals surface area (Å²) in [6, 6.07) is 17.5. The lowest BCUT2D eigenvalue weighted by Crippen LogP contribution is -2.09. The predicted molar refractivity (Wildman–Crippen MR) is 121 cm³/mol. The van der Waals surface area contributed by atoms with Gasteiger partial charge in [-0.05, 0) is 41.6 Å². The van der Waals surface area contributed by atoms with Gasteiger partial charge in [-0.1, -0.05) is 48.0 Å². The van der Waals surface area contributed by atoms with Crippen molar-refractivity contribution in [1.29, 1.82) is 0 Å². The average Bonchev–Trinajstić information content (AvgIpc) is 3.39. The van der Waals surface area contributed by atoms with Gasteiger partial charge in [0, 0.05) is 11.8 Å². The highest BCUT2D eigenvalue weighted by Crippen LogP contribution is 2.27. The molecule has 0 spiro atoms. The van der Waals surface area contributed by atoms with Gasteiger partial charge in [0.05, 0.1) is 28.3 Å². The number of anilines is 1. The third-order valence-corrected chi connectivity index (χ3v) is 5.73. The van der Waals surface area contributed by atoms with E-state index < -0.39 is 0 Å². The molecule has 0 aliphatic heterocycles. The van der Waals surface area contributed by atoms with Crippen molar-refractivity contribution in [3.05, 3.63) is 99.0 Å². The topological polar surface area (TPSA) is 56.1 Å². The highest BCUT2D eigenvalue weighted by atomic mass is 35.5. The van der Waals surface area contributed by atoms with Crippen molar-refractivity contribution in [2.24, 2.45) is 0 Å². The maximum Gasteiger partial charge on any atom is 0.265 e. The number of carbonyl (C=O) groups is 1. The van der Waals surface area contributed by atoms with E-state index >= 15 is 0 Å². The second-order valence-electron chi connectivity index (χ2n) is 6.91. The Balaban J connectivity index is 1.34. The van der Waals surface area contributed by atoms with Crippen molar-refractivity contribution in [2.75, 3.05) is 5.32 Å². The van der Waals surface area contributed by atoms with E-state index in [1.165, 1.54) is 11.3 Å². The zero-order chi connectivity index (χ0) is 20.9. The van der Waals surface area contributed by atoms with Crippen LogP contribution < -0.4 is 10.1 Å². The number of thiophene rings is 1. The first-order valence-electron chi connectivity index (χ1n) is 9.41. The molecule has 30 heavy (non-hydrogen) atoms. The van der Waals surface area contributed by atoms with Gasteiger partial charge in [-0.3, -0.25) is 9.48 Å². The van der Waals surface area contributed by atoms with Crippen molar-refractivity contribution in [1.82, 2.24) is 9.78 Å². The molecule has 2 aromatic heterocycles. The van der Waals surface area contributed by atoms with Crippen molar-refractivity contribution in [3.8, 4) is 5.75 Å². The second kappa shape index (κ2) is 9.15. The molecule has 0 aliphatic rings. The van der Waals surface area contributed by atoms with Crippen LogP contribution in [0.4, 0.5) is 5.69 Å². The monoisotopic (exact) mass is 437 g/mol. The molecule has 0 aliphatic carbocycles. The number of benzene rings is 2. The van der Waals surface area contributed by atoms with E-state index in [0.717, 1.165) is 16.7 Å². The highest BCUT2D eigenvalue weighted by molar-refractivity contribution is 7.12. The average molecular weight is 438 g/mol. The van der Waals surface area contributed by atoms with Gasteiger partial charge in [0.15, 0.2) is 0 Å². The van der Waals surface area contributed by atoms with Gasteiger partial charge < -0.3 is 10.1 Å². The standard InChI is InChI=1S/C23H20ClN3O2S/c1-16-7-8-20(24)21(9-16)29-14-18-10-22(30-15-18)23(28)26-19-11-25-27(13-19)12-17-5-3-2-4-6-17/h2-11,13,15H,12,14H2,1H3,(H,26,28). The molecule has 7 heteroatoms. The van der Waals surface area contributed by atoms with E-state index in [2.05, 4.69) is 10.4 Å². The number of rotatable bonds is 7. The number of hydrogen-bond donors (Lipinski definition) is 1. The van der Waals surface area contributed by atoms with Gasteiger partial charge >= 0.3 is 0 Å². The number of amides is 1. The van der Waals surface area contributed by atoms with E-state index in [4.69, 9.17) is 16.3 Å². The summed E-state index contributed by atoms with van der Waals surface area (Å²) in [5, 5.41) is 9.69. The summed E-state index contributed by atoms with van der Waals surface area (Å²) in [7, 11) is 0. The molecular weight excluding hydrogens is 418 g/mol. The number of nitrogens with one attached hydrogen (secondary N) is 1. The Morgan fingerprint density at radius 2 is 2.00 bits per heavy atom. The molecule has 0 saturated carbocycles. The molecule has 0 bridgehead atoms. The van der Waals surface area contributed by atoms with Gasteiger partial charge in [-0.25, -0.2) is 0 Å². The van der Waals surface area contributed by atoms with E-state index in [1.54, 1.807) is 10.9 Å². The molecule has 0 unspecified atom stereocenters. The maximum atomic E-state index is 12.6. The molecule has 2 heterocycles. The summed E-state index contributed by atoms with van der Waals surface area (Å²) in [6.45, 7) is 2.99. The van der Waals surface area contributed by atoms with E-state index in [0.29, 0.717) is 34.5 Å². The van der Waals surface area contributed by atoms with Crippen LogP contribution in [0.2, 0.25) is 5.02 Å². The summed E-state index contributed by atoms with van der Waals surface area (Å²) in [6.07, 6.45) is 3.47. The number of carbonyl (C=O) groups excluding carboxylic acids is 1. The first-order chi connectivity index (χ1) is 14.6. The number of ether oxygens (including phenoxy) is 1. The third-order valence-electron chi connectivity index (χ3n) is 4.44. The van der Waals surface area contributed by atoms with Crippen molar-refractivity contribution in [3.63, 3.8) is 0 Å². The fraction of sp³-hybridized carbons (Fsp3) is 0.130. The Kier molecular flexibility index (Phi) is 6.16. The van der Waals surface area contributed by atoms with Crippen LogP contribution in [-0.2, 0) is 13.2 Å². The Morgan fingerprint density at radius 1 is 1.17 bits per heavy atom. The Labute approximate surface area is 183 Å². The Hall–Kier alpha value is -3.09. The second-order valence-corrected chi connectivity index (χ2v) is 8.23. The van der Waals surface area contributed by atoms with Crippen LogP contribution in [0.15, 0.2) is 72.4 Å². The van der Waals surface area contributed by atoms with Gasteiger partial charge in [-0.2, -0.15) is 5.10 Å². The quantitative estimate of drug-likeness (QED) is 0.398. The summed E-state index contributed by atoms with van der Waals surface area (Å²) in [4.78, 5) is 13.2. The number of aromatic nitrogens is 2. The number of nitrogens with zero attached hydrogens (tertiary/aromatic N) is 2. The minimum Gasteiger partial charge on any atom is -0.487 e. The molecule has 1 N–H and O–H groups in total. The van der Waals surface area contributed by atoms with Crippen LogP contribution in [0.25, 0.3) is 0 Å². The zero-order valence-electron chi connectivity index (χ0n) is 16.3. The summed E-state index contributed by atoms with van der Waals surface area (Å²) < 4.78 is 7.60. The molecule has 4 rings (SSSR count). The lowest BCUT2D eigenvalue weighted by atomic mass is 10.2. The van der Waals surface area contributed by atoms with Crippen LogP contribution in [0.1, 0.15) is 26.4 Å². The van der Waals surface area contributed by atoms with Gasteiger partial charge in [0.25, 0.3) is 5.91 Å². The zero-order valence-corrected chi connectivity index (χ0v) is 17.9. The third kappa shape index (κ3) is 5.09. The molecule has 2 aromatic carbocycles. The first kappa shape index (κ1) is 20.2. The predicted octanol–water partition coefficient (Wildman–Crippen LogP) is 5.79. The van der Waals surface area contributed by atoms with E-state index in [1.807, 2.05) is 73.1 Å². The molecule has 1 amide bonds. The summed E-state index contributed by atoms with van der Waals surface area (Å²) in [5.41, 5.74) is 3.80. The lowest BCUT2D eigenvalue weighted by molar-refractivity contribution is 0.103. The summed E-state index contributed by atoms with van der Waals surface area (Å²) >= 11 is 7.54. The van der Waals surface area contributed by atoms with Gasteiger partial charge in [0.2, 0.25) is 0 Å². The molecule has 0 radical (unpaired) electrons. The van der Waals surface area contributed by atoms with Crippen LogP contribution >= 0.6 is 22.9 Å². The van der Waals surface area contributed by atoms with Crippen LogP contribution in [0, 0.1) is 6.92 Å². The van der Waals surface area contributed by atoms with Crippen LogP contribution in [-0.4, -0.2) is 15.7 Å². The SMILES string of the molecule is Cc1ccc(Cl)c(OCc2csc(C(=O)Nc3cnn(Cc4ccccc4)c3)c2)c1. The van der Waals surface area contributed by atoms with Crippen molar-refractivity contribution < 1.29 is 9.53 Å². The van der Waals surface area contributed by atoms with Crippen molar-refractivity contribution >= 4 is 34.5 Å². The fourth-order valence-corrected chi connectivity index (χ4v) is 3.89. The minimum atomic E-state index is -0.168. The van der Waals surface area contributed by atoms with Crippen LogP contribution in [0.3, 0.4) is 0 Å². The Bertz CT molecular complexity index is 1150. The molecule has 0 atom stereocenters. The van der Waals surface area contributed by atoms with E-state index in [-0.39, 0.29) is 5.91 Å². The number of halogens is 1.